The molecule has 1 N–H and O–H groups in total. The van der Waals surface area contributed by atoms with E-state index in [1.807, 2.05) is 45.0 Å². The third kappa shape index (κ3) is 5.12. The summed E-state index contributed by atoms with van der Waals surface area (Å²) in [7, 11) is 0. The number of nitrogens with one attached hydrogen (secondary N) is 1. The first-order chi connectivity index (χ1) is 12.8. The van der Waals surface area contributed by atoms with Crippen molar-refractivity contribution in [3.05, 3.63) is 42.2 Å². The number of carbonyl (C=O) groups excluding carboxylic acids is 2. The van der Waals surface area contributed by atoms with Crippen LogP contribution in [0.15, 0.2) is 40.8 Å². The highest BCUT2D eigenvalue weighted by Crippen LogP contribution is 2.25. The van der Waals surface area contributed by atoms with Gasteiger partial charge < -0.3 is 19.4 Å². The van der Waals surface area contributed by atoms with Crippen molar-refractivity contribution >= 4 is 18.1 Å². The second-order valence-electron chi connectivity index (χ2n) is 7.78. The van der Waals surface area contributed by atoms with Gasteiger partial charge >= 0.3 is 6.09 Å². The molecule has 1 aromatic heterocycles. The number of rotatable bonds is 4. The minimum Gasteiger partial charge on any atom is -0.453 e. The van der Waals surface area contributed by atoms with Gasteiger partial charge in [-0.15, -0.1) is 0 Å². The van der Waals surface area contributed by atoms with Gasteiger partial charge in [-0.25, -0.2) is 4.79 Å². The first-order valence-electron chi connectivity index (χ1n) is 9.24. The number of amides is 1. The van der Waals surface area contributed by atoms with Crippen molar-refractivity contribution in [1.29, 1.82) is 0 Å². The van der Waals surface area contributed by atoms with E-state index in [0.29, 0.717) is 36.9 Å². The average Bonchev–Trinajstić information content (AvgIpc) is 3.11. The average molecular weight is 370 g/mol. The molecule has 0 bridgehead atoms. The highest BCUT2D eigenvalue weighted by atomic mass is 16.6. The zero-order chi connectivity index (χ0) is 19.4. The number of hydrogen-bond donors (Lipinski definition) is 1. The van der Waals surface area contributed by atoms with Crippen molar-refractivity contribution < 1.29 is 18.7 Å². The number of benzene rings is 1. The Labute approximate surface area is 159 Å². The number of aldehydes is 1. The summed E-state index contributed by atoms with van der Waals surface area (Å²) in [6.07, 6.45) is 2.21. The third-order valence-electron chi connectivity index (χ3n) is 4.43. The fourth-order valence-electron chi connectivity index (χ4n) is 3.07. The Kier molecular flexibility index (Phi) is 5.54. The molecular formula is C21H26N2O4. The summed E-state index contributed by atoms with van der Waals surface area (Å²) < 4.78 is 10.9. The van der Waals surface area contributed by atoms with Crippen molar-refractivity contribution in [2.24, 2.45) is 0 Å². The van der Waals surface area contributed by atoms with Gasteiger partial charge in [0.05, 0.1) is 0 Å². The maximum absolute atomic E-state index is 12.1. The Morgan fingerprint density at radius 3 is 2.37 bits per heavy atom. The fraction of sp³-hybridized carbons (Fsp3) is 0.429. The van der Waals surface area contributed by atoms with Crippen LogP contribution in [-0.4, -0.2) is 42.0 Å². The van der Waals surface area contributed by atoms with Gasteiger partial charge in [-0.1, -0.05) is 0 Å². The smallest absolute Gasteiger partial charge is 0.410 e. The maximum Gasteiger partial charge on any atom is 0.410 e. The van der Waals surface area contributed by atoms with Crippen LogP contribution in [0.1, 0.15) is 44.2 Å². The lowest BCUT2D eigenvalue weighted by molar-refractivity contribution is 0.0210. The molecule has 0 spiro atoms. The Bertz CT molecular complexity index is 781. The van der Waals surface area contributed by atoms with E-state index in [4.69, 9.17) is 9.15 Å². The molecule has 0 unspecified atom stereocenters. The van der Waals surface area contributed by atoms with Gasteiger partial charge in [0, 0.05) is 30.4 Å². The van der Waals surface area contributed by atoms with Crippen LogP contribution in [-0.2, 0) is 4.74 Å². The Hall–Kier alpha value is -2.76. The molecule has 0 atom stereocenters. The summed E-state index contributed by atoms with van der Waals surface area (Å²) in [5.74, 6) is 0.998. The highest BCUT2D eigenvalue weighted by Gasteiger charge is 2.26. The molecule has 1 aliphatic heterocycles. The molecule has 3 rings (SSSR count). The molecule has 1 aromatic carbocycles. The number of nitrogens with zero attached hydrogens (tertiary/aromatic N) is 1. The molecule has 1 saturated heterocycles. The van der Waals surface area contributed by atoms with Gasteiger partial charge in [0.15, 0.2) is 12.0 Å². The Morgan fingerprint density at radius 1 is 1.15 bits per heavy atom. The van der Waals surface area contributed by atoms with Crippen LogP contribution < -0.4 is 5.32 Å². The summed E-state index contributed by atoms with van der Waals surface area (Å²) in [4.78, 5) is 24.6. The monoisotopic (exact) mass is 370 g/mol. The number of hydrogen-bond acceptors (Lipinski definition) is 5. The molecule has 0 saturated carbocycles. The van der Waals surface area contributed by atoms with E-state index >= 15 is 0 Å². The number of anilines is 1. The van der Waals surface area contributed by atoms with Crippen molar-refractivity contribution in [3.63, 3.8) is 0 Å². The molecule has 2 aromatic rings. The Balaban J connectivity index is 1.52. The van der Waals surface area contributed by atoms with Crippen LogP contribution in [0.5, 0.6) is 0 Å². The molecule has 6 heteroatoms. The maximum atomic E-state index is 12.1. The van der Waals surface area contributed by atoms with Gasteiger partial charge in [0.25, 0.3) is 0 Å². The van der Waals surface area contributed by atoms with Crippen molar-refractivity contribution in [2.45, 2.75) is 45.3 Å². The van der Waals surface area contributed by atoms with E-state index in [0.717, 1.165) is 24.1 Å². The van der Waals surface area contributed by atoms with E-state index in [1.165, 1.54) is 0 Å². The van der Waals surface area contributed by atoms with E-state index < -0.39 is 5.60 Å². The lowest BCUT2D eigenvalue weighted by atomic mass is 10.0. The molecule has 2 heterocycles. The van der Waals surface area contributed by atoms with Gasteiger partial charge in [-0.3, -0.25) is 4.79 Å². The lowest BCUT2D eigenvalue weighted by Gasteiger charge is -2.34. The van der Waals surface area contributed by atoms with Crippen LogP contribution in [0, 0.1) is 0 Å². The minimum atomic E-state index is -0.464. The number of carbonyl (C=O) groups is 2. The van der Waals surface area contributed by atoms with Gasteiger partial charge in [0.2, 0.25) is 0 Å². The van der Waals surface area contributed by atoms with Gasteiger partial charge in [0.1, 0.15) is 11.4 Å². The zero-order valence-corrected chi connectivity index (χ0v) is 16.0. The van der Waals surface area contributed by atoms with Gasteiger partial charge in [-0.2, -0.15) is 0 Å². The number of likely N-dealkylation sites (tertiary alicyclic amines) is 1. The predicted octanol–water partition coefficient (Wildman–Crippen LogP) is 4.57. The van der Waals surface area contributed by atoms with Crippen molar-refractivity contribution in [2.75, 3.05) is 18.4 Å². The normalized spacial score (nSPS) is 15.4. The SMILES string of the molecule is CC(C)(C)OC(=O)N1CCC(Nc2ccc(-c3ccc(C=O)o3)cc2)CC1. The largest absolute Gasteiger partial charge is 0.453 e. The van der Waals surface area contributed by atoms with E-state index in [1.54, 1.807) is 17.0 Å². The second-order valence-corrected chi connectivity index (χ2v) is 7.78. The number of ether oxygens (including phenoxy) is 1. The van der Waals surface area contributed by atoms with E-state index in [9.17, 15) is 9.59 Å². The molecule has 1 amide bonds. The van der Waals surface area contributed by atoms with E-state index in [-0.39, 0.29) is 6.09 Å². The molecule has 1 fully saturated rings. The third-order valence-corrected chi connectivity index (χ3v) is 4.43. The highest BCUT2D eigenvalue weighted by molar-refractivity contribution is 5.73. The summed E-state index contributed by atoms with van der Waals surface area (Å²) in [6, 6.07) is 11.7. The fourth-order valence-corrected chi connectivity index (χ4v) is 3.07. The predicted molar refractivity (Wildman–Crippen MR) is 104 cm³/mol. The van der Waals surface area contributed by atoms with Crippen LogP contribution in [0.4, 0.5) is 10.5 Å². The summed E-state index contributed by atoms with van der Waals surface area (Å²) in [5.41, 5.74) is 1.49. The second kappa shape index (κ2) is 7.86. The summed E-state index contributed by atoms with van der Waals surface area (Å²) >= 11 is 0. The standard InChI is InChI=1S/C21H26N2O4/c1-21(2,3)27-20(25)23-12-10-17(11-13-23)22-16-6-4-15(5-7-16)19-9-8-18(14-24)26-19/h4-9,14,17,22H,10-13H2,1-3H3. The summed E-state index contributed by atoms with van der Waals surface area (Å²) in [6.45, 7) is 7.01. The molecule has 144 valence electrons. The molecule has 0 radical (unpaired) electrons. The number of furan rings is 1. The minimum absolute atomic E-state index is 0.238. The topological polar surface area (TPSA) is 71.8 Å². The molecule has 0 aliphatic carbocycles. The van der Waals surface area contributed by atoms with Crippen LogP contribution in [0.3, 0.4) is 0 Å². The van der Waals surface area contributed by atoms with Crippen molar-refractivity contribution in [3.8, 4) is 11.3 Å². The van der Waals surface area contributed by atoms with E-state index in [2.05, 4.69) is 5.32 Å². The van der Waals surface area contributed by atoms with Crippen LogP contribution in [0.2, 0.25) is 0 Å². The molecule has 1 aliphatic rings. The Morgan fingerprint density at radius 2 is 1.81 bits per heavy atom. The number of piperidine rings is 1. The zero-order valence-electron chi connectivity index (χ0n) is 16.0. The molecule has 6 nitrogen and oxygen atoms in total. The first kappa shape index (κ1) is 19.0. The van der Waals surface area contributed by atoms with Crippen molar-refractivity contribution in [1.82, 2.24) is 4.90 Å². The molecular weight excluding hydrogens is 344 g/mol. The first-order valence-corrected chi connectivity index (χ1v) is 9.24. The lowest BCUT2D eigenvalue weighted by Crippen LogP contribution is -2.44. The van der Waals surface area contributed by atoms with Crippen LogP contribution >= 0.6 is 0 Å². The van der Waals surface area contributed by atoms with Crippen LogP contribution in [0.25, 0.3) is 11.3 Å². The molecule has 27 heavy (non-hydrogen) atoms. The van der Waals surface area contributed by atoms with Gasteiger partial charge in [-0.05, 0) is 70.0 Å². The quantitative estimate of drug-likeness (QED) is 0.798. The summed E-state index contributed by atoms with van der Waals surface area (Å²) in [5, 5.41) is 3.52.